The smallest absolute Gasteiger partial charge is 0.258 e. The van der Waals surface area contributed by atoms with Crippen LogP contribution in [-0.4, -0.2) is 59.8 Å². The van der Waals surface area contributed by atoms with E-state index in [0.717, 1.165) is 34.3 Å². The van der Waals surface area contributed by atoms with Crippen molar-refractivity contribution in [3.8, 4) is 11.3 Å². The van der Waals surface area contributed by atoms with Gasteiger partial charge in [0.2, 0.25) is 0 Å². The van der Waals surface area contributed by atoms with E-state index >= 15 is 0 Å². The van der Waals surface area contributed by atoms with Gasteiger partial charge in [0, 0.05) is 17.3 Å². The van der Waals surface area contributed by atoms with E-state index in [1.165, 1.54) is 51.9 Å². The van der Waals surface area contributed by atoms with Gasteiger partial charge in [0.15, 0.2) is 0 Å². The summed E-state index contributed by atoms with van der Waals surface area (Å²) in [6, 6.07) is 18.6. The quantitative estimate of drug-likeness (QED) is 0.526. The molecule has 5 rings (SSSR count). The van der Waals surface area contributed by atoms with Gasteiger partial charge in [-0.1, -0.05) is 49.4 Å². The molecule has 2 saturated heterocycles. The minimum atomic E-state index is -0.0737. The lowest BCUT2D eigenvalue weighted by atomic mass is 10.0. The lowest BCUT2D eigenvalue weighted by molar-refractivity contribution is 0.143. The zero-order chi connectivity index (χ0) is 23.9. The molecule has 0 amide bonds. The molecule has 1 aromatic rings. The highest BCUT2D eigenvalue weighted by molar-refractivity contribution is 6.07. The number of para-hydroxylation sites is 1. The first-order chi connectivity index (χ1) is 16.6. The van der Waals surface area contributed by atoms with Crippen LogP contribution < -0.4 is 5.56 Å². The Labute approximate surface area is 203 Å². The minimum Gasteiger partial charge on any atom is -0.321 e. The molecular formula is C29H38N4O. The van der Waals surface area contributed by atoms with Crippen LogP contribution in [0.5, 0.6) is 0 Å². The van der Waals surface area contributed by atoms with E-state index in [4.69, 9.17) is 4.99 Å². The number of benzene rings is 1. The molecule has 4 aliphatic rings. The first kappa shape index (κ1) is 24.4. The Morgan fingerprint density at radius 3 is 2.35 bits per heavy atom. The standard InChI is InChI=1S/C19H18N2O.C10H20N2/c1-3-15(20-16-11-8-7-9-13(16)2)18-14-10-5-4-6-12-17(14)21-19(18)22;1-11-8-4-10(5-9-11)12-6-2-3-7-12/h4-12H,3H2,1-2H3,(H,21,22);10H,2-9H2,1H3. The summed E-state index contributed by atoms with van der Waals surface area (Å²) in [6.07, 6.45) is 6.38. The molecule has 0 aromatic heterocycles. The number of nitrogens with one attached hydrogen (secondary N) is 1. The molecular weight excluding hydrogens is 420 g/mol. The van der Waals surface area contributed by atoms with Gasteiger partial charge in [-0.25, -0.2) is 0 Å². The number of nitrogens with zero attached hydrogens (tertiary/aromatic N) is 3. The number of aromatic amines is 1. The molecule has 1 N–H and O–H groups in total. The SMILES string of the molecule is CCC(=Nc1ccccc1C)c1c2cccccc-2[nH]c1=O.CN1CCC(N2CCCC2)CC1. The van der Waals surface area contributed by atoms with Crippen LogP contribution in [0.2, 0.25) is 0 Å². The van der Waals surface area contributed by atoms with Gasteiger partial charge < -0.3 is 14.8 Å². The minimum absolute atomic E-state index is 0.0737. The van der Waals surface area contributed by atoms with E-state index in [2.05, 4.69) is 21.8 Å². The number of piperidine rings is 1. The van der Waals surface area contributed by atoms with Crippen LogP contribution in [0.4, 0.5) is 5.69 Å². The first-order valence-electron chi connectivity index (χ1n) is 12.7. The third-order valence-corrected chi connectivity index (χ3v) is 7.12. The van der Waals surface area contributed by atoms with Crippen molar-refractivity contribution in [2.75, 3.05) is 33.2 Å². The fraction of sp³-hybridized carbons (Fsp3) is 0.448. The molecule has 1 aromatic carbocycles. The molecule has 0 radical (unpaired) electrons. The van der Waals surface area contributed by atoms with Crippen molar-refractivity contribution >= 4 is 11.4 Å². The van der Waals surface area contributed by atoms with E-state index in [1.54, 1.807) is 0 Å². The van der Waals surface area contributed by atoms with Gasteiger partial charge in [-0.15, -0.1) is 0 Å². The topological polar surface area (TPSA) is 51.7 Å². The van der Waals surface area contributed by atoms with E-state index in [0.29, 0.717) is 12.0 Å². The lowest BCUT2D eigenvalue weighted by Crippen LogP contribution is -2.42. The third kappa shape index (κ3) is 5.83. The molecule has 0 bridgehead atoms. The molecule has 2 fully saturated rings. The Kier molecular flexibility index (Phi) is 8.30. The summed E-state index contributed by atoms with van der Waals surface area (Å²) in [7, 11) is 2.24. The second-order valence-electron chi connectivity index (χ2n) is 9.54. The van der Waals surface area contributed by atoms with Crippen LogP contribution in [0.1, 0.15) is 50.2 Å². The van der Waals surface area contributed by atoms with Crippen molar-refractivity contribution in [1.29, 1.82) is 0 Å². The van der Waals surface area contributed by atoms with E-state index in [9.17, 15) is 4.79 Å². The number of rotatable bonds is 4. The second-order valence-corrected chi connectivity index (χ2v) is 9.54. The number of aliphatic imine (C=N–C) groups is 1. The summed E-state index contributed by atoms with van der Waals surface area (Å²) in [6.45, 7) is 9.41. The fourth-order valence-electron chi connectivity index (χ4n) is 5.08. The molecule has 0 atom stereocenters. The van der Waals surface area contributed by atoms with E-state index < -0.39 is 0 Å². The van der Waals surface area contributed by atoms with Crippen LogP contribution in [0.15, 0.2) is 64.4 Å². The monoisotopic (exact) mass is 458 g/mol. The zero-order valence-corrected chi connectivity index (χ0v) is 20.9. The summed E-state index contributed by atoms with van der Waals surface area (Å²) in [5, 5.41) is 0. The maximum Gasteiger partial charge on any atom is 0.258 e. The first-order valence-corrected chi connectivity index (χ1v) is 12.7. The highest BCUT2D eigenvalue weighted by Gasteiger charge is 2.24. The maximum absolute atomic E-state index is 12.4. The summed E-state index contributed by atoms with van der Waals surface area (Å²) in [5.74, 6) is 0. The number of likely N-dealkylation sites (tertiary alicyclic amines) is 2. The average molecular weight is 459 g/mol. The van der Waals surface area contributed by atoms with E-state index in [-0.39, 0.29) is 5.56 Å². The van der Waals surface area contributed by atoms with Crippen molar-refractivity contribution in [1.82, 2.24) is 14.8 Å². The Balaban J connectivity index is 0.000000192. The summed E-state index contributed by atoms with van der Waals surface area (Å²) < 4.78 is 0. The summed E-state index contributed by atoms with van der Waals surface area (Å²) in [5.41, 5.74) is 5.20. The molecule has 180 valence electrons. The summed E-state index contributed by atoms with van der Waals surface area (Å²) in [4.78, 5) is 25.2. The molecule has 1 aliphatic carbocycles. The number of aromatic nitrogens is 1. The maximum atomic E-state index is 12.4. The van der Waals surface area contributed by atoms with Crippen LogP contribution >= 0.6 is 0 Å². The van der Waals surface area contributed by atoms with Crippen LogP contribution in [-0.2, 0) is 0 Å². The number of H-pyrrole nitrogens is 1. The molecule has 5 heteroatoms. The molecule has 0 saturated carbocycles. The van der Waals surface area contributed by atoms with Gasteiger partial charge in [-0.2, -0.15) is 0 Å². The lowest BCUT2D eigenvalue weighted by Gasteiger charge is -2.34. The molecule has 0 spiro atoms. The molecule has 34 heavy (non-hydrogen) atoms. The third-order valence-electron chi connectivity index (χ3n) is 7.12. The number of aryl methyl sites for hydroxylation is 1. The Hall–Kier alpha value is -2.76. The van der Waals surface area contributed by atoms with Gasteiger partial charge >= 0.3 is 0 Å². The molecule has 0 unspecified atom stereocenters. The average Bonchev–Trinajstić information content (AvgIpc) is 3.42. The Morgan fingerprint density at radius 1 is 0.971 bits per heavy atom. The van der Waals surface area contributed by atoms with E-state index in [1.807, 2.05) is 68.4 Å². The van der Waals surface area contributed by atoms with Crippen molar-refractivity contribution < 1.29 is 0 Å². The highest BCUT2D eigenvalue weighted by Crippen LogP contribution is 2.25. The van der Waals surface area contributed by atoms with Crippen LogP contribution in [0, 0.1) is 6.92 Å². The Bertz CT molecular complexity index is 1120. The second kappa shape index (κ2) is 11.6. The van der Waals surface area contributed by atoms with Gasteiger partial charge in [-0.3, -0.25) is 9.79 Å². The Morgan fingerprint density at radius 2 is 1.65 bits per heavy atom. The van der Waals surface area contributed by atoms with Crippen molar-refractivity contribution in [3.63, 3.8) is 0 Å². The number of fused-ring (bicyclic) bond motifs is 1. The number of hydrogen-bond donors (Lipinski definition) is 1. The van der Waals surface area contributed by atoms with Gasteiger partial charge in [0.25, 0.3) is 5.56 Å². The van der Waals surface area contributed by atoms with Crippen molar-refractivity contribution in [2.24, 2.45) is 4.99 Å². The van der Waals surface area contributed by atoms with Crippen molar-refractivity contribution in [3.05, 3.63) is 76.1 Å². The largest absolute Gasteiger partial charge is 0.321 e. The van der Waals surface area contributed by atoms with Crippen LogP contribution in [0.25, 0.3) is 11.3 Å². The zero-order valence-electron chi connectivity index (χ0n) is 20.9. The molecule has 5 nitrogen and oxygen atoms in total. The summed E-state index contributed by atoms with van der Waals surface area (Å²) >= 11 is 0. The predicted molar refractivity (Wildman–Crippen MR) is 143 cm³/mol. The van der Waals surface area contributed by atoms with Gasteiger partial charge in [-0.05, 0) is 90.0 Å². The van der Waals surface area contributed by atoms with Gasteiger partial charge in [0.1, 0.15) is 0 Å². The normalized spacial score (nSPS) is 18.1. The molecule has 3 heterocycles. The van der Waals surface area contributed by atoms with Gasteiger partial charge in [0.05, 0.1) is 17.0 Å². The highest BCUT2D eigenvalue weighted by atomic mass is 16.1. The van der Waals surface area contributed by atoms with Crippen LogP contribution in [0.3, 0.4) is 0 Å². The predicted octanol–water partition coefficient (Wildman–Crippen LogP) is 5.50. The van der Waals surface area contributed by atoms with Crippen molar-refractivity contribution in [2.45, 2.75) is 52.0 Å². The fourth-order valence-corrected chi connectivity index (χ4v) is 5.08. The molecule has 3 aliphatic heterocycles. The number of hydrogen-bond acceptors (Lipinski definition) is 4.